The molecule has 2 heterocycles. The van der Waals surface area contributed by atoms with Crippen molar-refractivity contribution in [2.75, 3.05) is 19.6 Å². The fraction of sp³-hybridized carbons (Fsp3) is 0.818. The number of nitrogens with one attached hydrogen (secondary N) is 3. The zero-order valence-electron chi connectivity index (χ0n) is 27.9. The molecule has 3 aliphatic carbocycles. The first-order chi connectivity index (χ1) is 21.6. The molecule has 0 spiro atoms. The van der Waals surface area contributed by atoms with E-state index < -0.39 is 53.4 Å². The monoisotopic (exact) mass is 644 g/mol. The minimum absolute atomic E-state index is 0.0819. The maximum Gasteiger partial charge on any atom is 0.410 e. The summed E-state index contributed by atoms with van der Waals surface area (Å²) in [5.74, 6) is -2.47. The van der Waals surface area contributed by atoms with E-state index in [0.717, 1.165) is 44.9 Å². The third-order valence-corrected chi connectivity index (χ3v) is 10.8. The third kappa shape index (κ3) is 7.60. The molecule has 256 valence electrons. The first-order valence-electron chi connectivity index (χ1n) is 17.1. The van der Waals surface area contributed by atoms with E-state index in [-0.39, 0.29) is 41.0 Å². The Balaban J connectivity index is 1.28. The Morgan fingerprint density at radius 1 is 0.935 bits per heavy atom. The van der Waals surface area contributed by atoms with Gasteiger partial charge in [0.2, 0.25) is 17.6 Å². The number of nitrogens with zero attached hydrogens (tertiary/aromatic N) is 2. The third-order valence-electron chi connectivity index (χ3n) is 10.8. The van der Waals surface area contributed by atoms with Gasteiger partial charge in [0.15, 0.2) is 0 Å². The summed E-state index contributed by atoms with van der Waals surface area (Å²) in [6.07, 6.45) is 6.88. The Bertz CT molecular complexity index is 1240. The largest absolute Gasteiger partial charge is 0.444 e. The van der Waals surface area contributed by atoms with E-state index in [2.05, 4.69) is 29.8 Å². The second-order valence-electron chi connectivity index (χ2n) is 15.8. The summed E-state index contributed by atoms with van der Waals surface area (Å²) in [7, 11) is 0. The summed E-state index contributed by atoms with van der Waals surface area (Å²) in [4.78, 5) is 81.8. The summed E-state index contributed by atoms with van der Waals surface area (Å²) in [5, 5.41) is 8.72. The number of fused-ring (bicyclic) bond motifs is 1. The number of carbonyl (C=O) groups is 6. The van der Waals surface area contributed by atoms with Crippen LogP contribution in [0.4, 0.5) is 9.59 Å². The van der Waals surface area contributed by atoms with E-state index in [0.29, 0.717) is 32.5 Å². The summed E-state index contributed by atoms with van der Waals surface area (Å²) < 4.78 is 5.47. The van der Waals surface area contributed by atoms with E-state index >= 15 is 0 Å². The number of hydrogen-bond acceptors (Lipinski definition) is 7. The Morgan fingerprint density at radius 2 is 1.61 bits per heavy atom. The highest BCUT2D eigenvalue weighted by atomic mass is 16.6. The Kier molecular flexibility index (Phi) is 9.62. The molecule has 0 radical (unpaired) electrons. The van der Waals surface area contributed by atoms with Gasteiger partial charge in [0.1, 0.15) is 17.7 Å². The maximum atomic E-state index is 14.4. The van der Waals surface area contributed by atoms with Crippen molar-refractivity contribution in [2.24, 2.45) is 34.8 Å². The van der Waals surface area contributed by atoms with Crippen molar-refractivity contribution in [1.82, 2.24) is 25.8 Å². The number of urea groups is 1. The van der Waals surface area contributed by atoms with Crippen LogP contribution in [0.25, 0.3) is 0 Å². The van der Waals surface area contributed by atoms with Gasteiger partial charge in [0, 0.05) is 25.7 Å². The number of likely N-dealkylation sites (tertiary alicyclic amines) is 2. The Hall–Kier alpha value is -3.38. The lowest BCUT2D eigenvalue weighted by Gasteiger charge is -2.37. The first kappa shape index (κ1) is 34.0. The molecule has 0 aromatic rings. The normalized spacial score (nSPS) is 28.5. The molecule has 1 unspecified atom stereocenters. The lowest BCUT2D eigenvalue weighted by atomic mass is 9.83. The lowest BCUT2D eigenvalue weighted by molar-refractivity contribution is -0.144. The zero-order chi connectivity index (χ0) is 33.6. The molecule has 46 heavy (non-hydrogen) atoms. The van der Waals surface area contributed by atoms with E-state index in [1.807, 2.05) is 0 Å². The van der Waals surface area contributed by atoms with Crippen molar-refractivity contribution in [3.8, 4) is 0 Å². The van der Waals surface area contributed by atoms with Crippen LogP contribution in [0.2, 0.25) is 0 Å². The summed E-state index contributed by atoms with van der Waals surface area (Å²) in [6.45, 7) is 10.7. The van der Waals surface area contributed by atoms with E-state index in [1.54, 1.807) is 30.6 Å². The molecule has 3 saturated carbocycles. The first-order valence-corrected chi connectivity index (χ1v) is 17.1. The summed E-state index contributed by atoms with van der Waals surface area (Å²) in [5.41, 5.74) is 4.53. The van der Waals surface area contributed by atoms with Crippen molar-refractivity contribution in [3.63, 3.8) is 0 Å². The smallest absolute Gasteiger partial charge is 0.410 e. The van der Waals surface area contributed by atoms with Gasteiger partial charge < -0.3 is 36.2 Å². The molecule has 13 nitrogen and oxygen atoms in total. The van der Waals surface area contributed by atoms with E-state index in [9.17, 15) is 28.8 Å². The predicted molar refractivity (Wildman–Crippen MR) is 168 cm³/mol. The highest BCUT2D eigenvalue weighted by molar-refractivity contribution is 6.37. The highest BCUT2D eigenvalue weighted by Gasteiger charge is 2.69. The maximum absolute atomic E-state index is 14.4. The number of primary amides is 1. The fourth-order valence-electron chi connectivity index (χ4n) is 7.93. The van der Waals surface area contributed by atoms with Crippen molar-refractivity contribution >= 4 is 35.6 Å². The number of carbonyl (C=O) groups excluding carboxylic acids is 6. The fourth-order valence-corrected chi connectivity index (χ4v) is 7.93. The number of Topliss-reactive ketones (excluding diaryl/α,β-unsaturated/α-hetero) is 1. The quantitative estimate of drug-likeness (QED) is 0.263. The molecule has 6 atom stereocenters. The lowest BCUT2D eigenvalue weighted by Crippen LogP contribution is -2.60. The van der Waals surface area contributed by atoms with Gasteiger partial charge in [-0.3, -0.25) is 19.2 Å². The SMILES string of the molecule is CC(C)(C)OC(=O)N1CC[C@H](NC(=O)N[C@H](C(=O)N2C[C@H]3[C@@H]([C@H]2C(=O)NC(CC2CC2)C(=O)C(N)=O)C3(C)C)C2CCCCC2)C1. The molecule has 5 aliphatic rings. The zero-order valence-corrected chi connectivity index (χ0v) is 27.9. The Morgan fingerprint density at radius 3 is 2.22 bits per heavy atom. The number of amides is 6. The van der Waals surface area contributed by atoms with Gasteiger partial charge in [-0.05, 0) is 75.5 Å². The van der Waals surface area contributed by atoms with Crippen molar-refractivity contribution in [1.29, 1.82) is 0 Å². The number of piperidine rings is 1. The van der Waals surface area contributed by atoms with Crippen LogP contribution < -0.4 is 21.7 Å². The molecule has 6 amide bonds. The van der Waals surface area contributed by atoms with Crippen LogP contribution in [0.3, 0.4) is 0 Å². The van der Waals surface area contributed by atoms with Gasteiger partial charge in [0.25, 0.3) is 5.91 Å². The van der Waals surface area contributed by atoms with E-state index in [4.69, 9.17) is 10.5 Å². The molecule has 5 fully saturated rings. The van der Waals surface area contributed by atoms with Crippen LogP contribution in [0.15, 0.2) is 0 Å². The van der Waals surface area contributed by atoms with Gasteiger partial charge in [-0.1, -0.05) is 46.0 Å². The van der Waals surface area contributed by atoms with Gasteiger partial charge in [0.05, 0.1) is 6.04 Å². The predicted octanol–water partition coefficient (Wildman–Crippen LogP) is 2.07. The van der Waals surface area contributed by atoms with Crippen LogP contribution in [0, 0.1) is 29.1 Å². The Labute approximate surface area is 271 Å². The number of rotatable bonds is 10. The van der Waals surface area contributed by atoms with E-state index in [1.165, 1.54) is 0 Å². The van der Waals surface area contributed by atoms with Gasteiger partial charge in [-0.25, -0.2) is 9.59 Å². The average molecular weight is 645 g/mol. The summed E-state index contributed by atoms with van der Waals surface area (Å²) in [6, 6.07) is -3.43. The van der Waals surface area contributed by atoms with Crippen molar-refractivity contribution in [2.45, 2.75) is 122 Å². The molecule has 0 aromatic heterocycles. The molecule has 2 aliphatic heterocycles. The number of ether oxygens (including phenoxy) is 1. The van der Waals surface area contributed by atoms with Gasteiger partial charge in [-0.2, -0.15) is 0 Å². The summed E-state index contributed by atoms with van der Waals surface area (Å²) >= 11 is 0. The van der Waals surface area contributed by atoms with Crippen LogP contribution in [0.1, 0.15) is 92.4 Å². The van der Waals surface area contributed by atoms with Crippen molar-refractivity contribution < 1.29 is 33.5 Å². The topological polar surface area (TPSA) is 180 Å². The second-order valence-corrected chi connectivity index (χ2v) is 15.8. The minimum Gasteiger partial charge on any atom is -0.444 e. The molecular weight excluding hydrogens is 592 g/mol. The standard InChI is InChI=1S/C33H52N6O7/c1-32(2,3)46-31(45)38-14-13-20(16-38)35-30(44)37-24(19-9-7-6-8-10-19)29(43)39-17-21-23(33(21,4)5)25(39)28(42)36-22(15-18-11-12-18)26(40)27(34)41/h18-25H,6-17H2,1-5H3,(H2,34,41)(H,36,42)(H2,35,37,44)/t20-,21-,22?,23-,24-,25-/m0/s1. The van der Waals surface area contributed by atoms with Gasteiger partial charge >= 0.3 is 12.1 Å². The van der Waals surface area contributed by atoms with Crippen LogP contribution in [-0.4, -0.2) is 94.8 Å². The molecule has 2 saturated heterocycles. The average Bonchev–Trinajstić information content (AvgIpc) is 3.72. The second kappa shape index (κ2) is 13.0. The molecule has 0 bridgehead atoms. The molecule has 13 heteroatoms. The minimum atomic E-state index is -1.08. The molecule has 5 N–H and O–H groups in total. The van der Waals surface area contributed by atoms with Crippen LogP contribution in [0.5, 0.6) is 0 Å². The number of hydrogen-bond donors (Lipinski definition) is 4. The van der Waals surface area contributed by atoms with Crippen LogP contribution in [-0.2, 0) is 23.9 Å². The van der Waals surface area contributed by atoms with Crippen LogP contribution >= 0.6 is 0 Å². The van der Waals surface area contributed by atoms with Crippen molar-refractivity contribution in [3.05, 3.63) is 0 Å². The number of ketones is 1. The van der Waals surface area contributed by atoms with Gasteiger partial charge in [-0.15, -0.1) is 0 Å². The molecular formula is C33H52N6O7. The molecule has 0 aromatic carbocycles. The number of nitrogens with two attached hydrogens (primary N) is 1. The highest BCUT2D eigenvalue weighted by Crippen LogP contribution is 2.65. The molecule has 5 rings (SSSR count).